The molecule has 4 aromatic heterocycles. The topological polar surface area (TPSA) is 149 Å². The Balaban J connectivity index is 1.24. The normalized spacial score (nSPS) is 13.1. The van der Waals surface area contributed by atoms with E-state index in [-0.39, 0.29) is 6.54 Å². The highest BCUT2D eigenvalue weighted by Crippen LogP contribution is 2.28. The number of amides is 2. The van der Waals surface area contributed by atoms with E-state index in [4.69, 9.17) is 0 Å². The highest BCUT2D eigenvalue weighted by Gasteiger charge is 2.26. The molecule has 2 amide bonds. The van der Waals surface area contributed by atoms with Crippen molar-refractivity contribution in [1.82, 2.24) is 29.2 Å². The summed E-state index contributed by atoms with van der Waals surface area (Å²) in [5.41, 5.74) is 4.28. The number of pyridine rings is 1. The fourth-order valence-corrected chi connectivity index (χ4v) is 5.99. The zero-order valence-corrected chi connectivity index (χ0v) is 22.4. The SMILES string of the molecule is Cc1nccc(-c2cccc(-c3csc(NC(=O)CNC(=O)c4cn(S(C)(=O)=O)c5c4CCCC5)n3)n2)n1. The van der Waals surface area contributed by atoms with Gasteiger partial charge in [-0.25, -0.2) is 32.3 Å². The van der Waals surface area contributed by atoms with Gasteiger partial charge in [-0.1, -0.05) is 6.07 Å². The van der Waals surface area contributed by atoms with Crippen LogP contribution in [0.15, 0.2) is 42.0 Å². The first-order valence-electron chi connectivity index (χ1n) is 11.9. The molecule has 0 unspecified atom stereocenters. The Labute approximate surface area is 223 Å². The Morgan fingerprint density at radius 1 is 1.03 bits per heavy atom. The van der Waals surface area contributed by atoms with Crippen molar-refractivity contribution in [2.75, 3.05) is 18.1 Å². The van der Waals surface area contributed by atoms with Crippen LogP contribution in [0, 0.1) is 6.92 Å². The molecule has 0 aliphatic heterocycles. The number of anilines is 1. The van der Waals surface area contributed by atoms with E-state index >= 15 is 0 Å². The minimum atomic E-state index is -3.53. The summed E-state index contributed by atoms with van der Waals surface area (Å²) >= 11 is 1.24. The van der Waals surface area contributed by atoms with Gasteiger partial charge in [-0.2, -0.15) is 0 Å². The van der Waals surface area contributed by atoms with E-state index in [2.05, 4.69) is 30.6 Å². The van der Waals surface area contributed by atoms with Crippen molar-refractivity contribution in [3.63, 3.8) is 0 Å². The standard InChI is InChI=1S/C25H25N7O4S2/c1-15-26-11-10-20(28-15)18-7-5-8-19(29-18)21-14-37-25(30-21)31-23(33)12-27-24(34)17-13-32(38(2,35)36)22-9-4-3-6-16(17)22/h5,7-8,10-11,13-14H,3-4,6,9,12H2,1-2H3,(H,27,34)(H,30,31,33). The van der Waals surface area contributed by atoms with Crippen LogP contribution in [0.5, 0.6) is 0 Å². The van der Waals surface area contributed by atoms with Gasteiger partial charge >= 0.3 is 0 Å². The van der Waals surface area contributed by atoms with Gasteiger partial charge in [-0.15, -0.1) is 11.3 Å². The van der Waals surface area contributed by atoms with Crippen LogP contribution in [0.2, 0.25) is 0 Å². The van der Waals surface area contributed by atoms with Crippen LogP contribution in [0.4, 0.5) is 5.13 Å². The van der Waals surface area contributed by atoms with Gasteiger partial charge in [0.2, 0.25) is 15.9 Å². The molecule has 13 heteroatoms. The van der Waals surface area contributed by atoms with Crippen molar-refractivity contribution in [3.05, 3.63) is 64.7 Å². The second-order valence-corrected chi connectivity index (χ2v) is 11.6. The summed E-state index contributed by atoms with van der Waals surface area (Å²) < 4.78 is 25.5. The first kappa shape index (κ1) is 25.7. The average molecular weight is 552 g/mol. The molecule has 38 heavy (non-hydrogen) atoms. The van der Waals surface area contributed by atoms with Crippen LogP contribution < -0.4 is 10.6 Å². The smallest absolute Gasteiger partial charge is 0.253 e. The molecular formula is C25H25N7O4S2. The van der Waals surface area contributed by atoms with E-state index in [0.717, 1.165) is 24.7 Å². The van der Waals surface area contributed by atoms with E-state index < -0.39 is 21.8 Å². The molecule has 1 aliphatic carbocycles. The Morgan fingerprint density at radius 3 is 2.53 bits per heavy atom. The summed E-state index contributed by atoms with van der Waals surface area (Å²) in [6, 6.07) is 7.32. The highest BCUT2D eigenvalue weighted by atomic mass is 32.2. The average Bonchev–Trinajstić information content (AvgIpc) is 3.52. The van der Waals surface area contributed by atoms with Crippen molar-refractivity contribution in [2.24, 2.45) is 0 Å². The van der Waals surface area contributed by atoms with E-state index in [1.165, 1.54) is 21.5 Å². The maximum atomic E-state index is 12.8. The molecule has 5 rings (SSSR count). The largest absolute Gasteiger partial charge is 0.343 e. The number of carbonyl (C=O) groups excluding carboxylic acids is 2. The highest BCUT2D eigenvalue weighted by molar-refractivity contribution is 7.89. The number of aromatic nitrogens is 5. The quantitative estimate of drug-likeness (QED) is 0.356. The van der Waals surface area contributed by atoms with Gasteiger partial charge in [0.1, 0.15) is 11.5 Å². The first-order chi connectivity index (χ1) is 18.2. The molecule has 0 fully saturated rings. The number of nitrogens with one attached hydrogen (secondary N) is 2. The maximum Gasteiger partial charge on any atom is 0.253 e. The summed E-state index contributed by atoms with van der Waals surface area (Å²) in [5.74, 6) is -0.288. The second-order valence-electron chi connectivity index (χ2n) is 8.90. The lowest BCUT2D eigenvalue weighted by molar-refractivity contribution is -0.115. The second kappa shape index (κ2) is 10.4. The molecule has 196 valence electrons. The van der Waals surface area contributed by atoms with Crippen LogP contribution in [0.25, 0.3) is 22.8 Å². The summed E-state index contributed by atoms with van der Waals surface area (Å²) in [6.07, 6.45) is 7.12. The van der Waals surface area contributed by atoms with Crippen molar-refractivity contribution in [1.29, 1.82) is 0 Å². The Morgan fingerprint density at radius 2 is 1.76 bits per heavy atom. The zero-order valence-electron chi connectivity index (χ0n) is 20.8. The van der Waals surface area contributed by atoms with Crippen molar-refractivity contribution in [3.8, 4) is 22.8 Å². The Kier molecular flexibility index (Phi) is 7.04. The lowest BCUT2D eigenvalue weighted by atomic mass is 9.95. The van der Waals surface area contributed by atoms with Crippen LogP contribution in [-0.2, 0) is 27.7 Å². The lowest BCUT2D eigenvalue weighted by Gasteiger charge is -2.15. The van der Waals surface area contributed by atoms with Gasteiger partial charge in [0.15, 0.2) is 5.13 Å². The van der Waals surface area contributed by atoms with Crippen LogP contribution >= 0.6 is 11.3 Å². The molecule has 4 heterocycles. The molecule has 0 saturated carbocycles. The lowest BCUT2D eigenvalue weighted by Crippen LogP contribution is -2.33. The molecular weight excluding hydrogens is 526 g/mol. The third-order valence-electron chi connectivity index (χ3n) is 6.09. The van der Waals surface area contributed by atoms with E-state index in [1.807, 2.05) is 25.1 Å². The monoisotopic (exact) mass is 551 g/mol. The molecule has 0 spiro atoms. The number of hydrogen-bond acceptors (Lipinski definition) is 9. The predicted molar refractivity (Wildman–Crippen MR) is 143 cm³/mol. The Hall–Kier alpha value is -3.97. The summed E-state index contributed by atoms with van der Waals surface area (Å²) in [4.78, 5) is 43.0. The van der Waals surface area contributed by atoms with Gasteiger partial charge < -0.3 is 10.6 Å². The fraction of sp³-hybridized carbons (Fsp3) is 0.280. The molecule has 0 radical (unpaired) electrons. The molecule has 4 aromatic rings. The third kappa shape index (κ3) is 5.48. The number of fused-ring (bicyclic) bond motifs is 1. The first-order valence-corrected chi connectivity index (χ1v) is 14.7. The maximum absolute atomic E-state index is 12.8. The number of thiazole rings is 1. The minimum absolute atomic E-state index is 0.284. The van der Waals surface area contributed by atoms with Crippen molar-refractivity contribution < 1.29 is 18.0 Å². The third-order valence-corrected chi connectivity index (χ3v) is 7.89. The molecule has 0 atom stereocenters. The number of nitrogens with zero attached hydrogens (tertiary/aromatic N) is 5. The zero-order chi connectivity index (χ0) is 26.9. The molecule has 0 bridgehead atoms. The van der Waals surface area contributed by atoms with Gasteiger partial charge in [-0.05, 0) is 56.4 Å². The minimum Gasteiger partial charge on any atom is -0.343 e. The van der Waals surface area contributed by atoms with E-state index in [9.17, 15) is 18.0 Å². The van der Waals surface area contributed by atoms with Gasteiger partial charge in [0.05, 0.1) is 35.4 Å². The summed E-state index contributed by atoms with van der Waals surface area (Å²) in [7, 11) is -3.53. The van der Waals surface area contributed by atoms with Gasteiger partial charge in [0.25, 0.3) is 5.91 Å². The molecule has 1 aliphatic rings. The predicted octanol–water partition coefficient (Wildman–Crippen LogP) is 2.83. The number of hydrogen-bond donors (Lipinski definition) is 2. The number of rotatable bonds is 7. The molecule has 11 nitrogen and oxygen atoms in total. The van der Waals surface area contributed by atoms with E-state index in [0.29, 0.717) is 57.8 Å². The number of aryl methyl sites for hydroxylation is 1. The van der Waals surface area contributed by atoms with E-state index in [1.54, 1.807) is 17.6 Å². The van der Waals surface area contributed by atoms with Crippen molar-refractivity contribution in [2.45, 2.75) is 32.6 Å². The van der Waals surface area contributed by atoms with Crippen LogP contribution in [0.1, 0.15) is 40.3 Å². The molecule has 0 saturated heterocycles. The molecule has 0 aromatic carbocycles. The number of carbonyl (C=O) groups is 2. The molecule has 2 N–H and O–H groups in total. The Bertz CT molecular complexity index is 1640. The summed E-state index contributed by atoms with van der Waals surface area (Å²) in [6.45, 7) is 1.53. The fourth-order valence-electron chi connectivity index (χ4n) is 4.37. The van der Waals surface area contributed by atoms with Crippen LogP contribution in [0.3, 0.4) is 0 Å². The summed E-state index contributed by atoms with van der Waals surface area (Å²) in [5, 5.41) is 7.43. The van der Waals surface area contributed by atoms with Gasteiger partial charge in [-0.3, -0.25) is 9.59 Å². The van der Waals surface area contributed by atoms with Gasteiger partial charge in [0, 0.05) is 23.5 Å². The van der Waals surface area contributed by atoms with Crippen LogP contribution in [-0.4, -0.2) is 56.9 Å². The van der Waals surface area contributed by atoms with Crippen molar-refractivity contribution >= 4 is 38.3 Å².